The van der Waals surface area contributed by atoms with Crippen LogP contribution in [0.4, 0.5) is 0 Å². The lowest BCUT2D eigenvalue weighted by Crippen LogP contribution is -2.26. The molecule has 0 bridgehead atoms. The van der Waals surface area contributed by atoms with Crippen molar-refractivity contribution in [2.45, 2.75) is 25.9 Å². The van der Waals surface area contributed by atoms with Crippen molar-refractivity contribution >= 4 is 5.78 Å². The molecule has 1 aliphatic carbocycles. The summed E-state index contributed by atoms with van der Waals surface area (Å²) in [4.78, 5) is 16.1. The third-order valence-corrected chi connectivity index (χ3v) is 2.87. The summed E-state index contributed by atoms with van der Waals surface area (Å²) in [7, 11) is 1.60. The topological polar surface area (TPSA) is 39.2 Å². The van der Waals surface area contributed by atoms with Gasteiger partial charge in [0.15, 0.2) is 5.78 Å². The summed E-state index contributed by atoms with van der Waals surface area (Å²) in [6.07, 6.45) is 5.26. The van der Waals surface area contributed by atoms with E-state index < -0.39 is 0 Å². The van der Waals surface area contributed by atoms with E-state index in [2.05, 4.69) is 4.98 Å². The minimum atomic E-state index is -0.270. The monoisotopic (exact) mass is 205 g/mol. The Kier molecular flexibility index (Phi) is 2.82. The van der Waals surface area contributed by atoms with Crippen molar-refractivity contribution in [2.75, 3.05) is 7.11 Å². The van der Waals surface area contributed by atoms with Crippen molar-refractivity contribution in [1.82, 2.24) is 4.98 Å². The molecule has 0 spiro atoms. The van der Waals surface area contributed by atoms with Gasteiger partial charge in [0.05, 0.1) is 0 Å². The van der Waals surface area contributed by atoms with Crippen molar-refractivity contribution in [2.24, 2.45) is 5.92 Å². The summed E-state index contributed by atoms with van der Waals surface area (Å²) in [6, 6.07) is 1.85. The molecule has 1 saturated carbocycles. The number of ether oxygens (including phenoxy) is 1. The highest BCUT2D eigenvalue weighted by Crippen LogP contribution is 2.35. The summed E-state index contributed by atoms with van der Waals surface area (Å²) in [5.74, 6) is 0.493. The molecule has 1 unspecified atom stereocenters. The molecular weight excluding hydrogens is 190 g/mol. The Morgan fingerprint density at radius 3 is 2.87 bits per heavy atom. The molecule has 1 heterocycles. The zero-order valence-corrected chi connectivity index (χ0v) is 9.06. The van der Waals surface area contributed by atoms with Crippen LogP contribution in [0.3, 0.4) is 0 Å². The van der Waals surface area contributed by atoms with Crippen LogP contribution in [-0.4, -0.2) is 24.0 Å². The van der Waals surface area contributed by atoms with E-state index >= 15 is 0 Å². The predicted octanol–water partition coefficient (Wildman–Crippen LogP) is 2.00. The van der Waals surface area contributed by atoms with Crippen LogP contribution in [0, 0.1) is 12.8 Å². The molecule has 1 aromatic heterocycles. The van der Waals surface area contributed by atoms with Gasteiger partial charge in [-0.1, -0.05) is 0 Å². The van der Waals surface area contributed by atoms with Gasteiger partial charge in [-0.2, -0.15) is 0 Å². The number of nitrogens with zero attached hydrogens (tertiary/aromatic N) is 1. The lowest BCUT2D eigenvalue weighted by Gasteiger charge is -2.13. The fourth-order valence-corrected chi connectivity index (χ4v) is 1.79. The average Bonchev–Trinajstić information content (AvgIpc) is 3.03. The van der Waals surface area contributed by atoms with Gasteiger partial charge in [0.1, 0.15) is 6.10 Å². The largest absolute Gasteiger partial charge is 0.373 e. The number of rotatable bonds is 4. The summed E-state index contributed by atoms with van der Waals surface area (Å²) in [5.41, 5.74) is 1.66. The molecule has 0 aliphatic heterocycles. The first kappa shape index (κ1) is 10.3. The Morgan fingerprint density at radius 1 is 1.60 bits per heavy atom. The van der Waals surface area contributed by atoms with E-state index in [1.807, 2.05) is 13.0 Å². The van der Waals surface area contributed by atoms with Crippen LogP contribution in [0.25, 0.3) is 0 Å². The number of aryl methyl sites for hydroxylation is 1. The number of pyridine rings is 1. The Balaban J connectivity index is 2.22. The van der Waals surface area contributed by atoms with E-state index in [0.29, 0.717) is 11.5 Å². The third kappa shape index (κ3) is 2.07. The van der Waals surface area contributed by atoms with E-state index in [1.165, 1.54) is 0 Å². The van der Waals surface area contributed by atoms with Crippen molar-refractivity contribution in [3.05, 3.63) is 29.6 Å². The van der Waals surface area contributed by atoms with Crippen LogP contribution in [0.5, 0.6) is 0 Å². The number of carbonyl (C=O) groups is 1. The number of aromatic nitrogens is 1. The zero-order valence-electron chi connectivity index (χ0n) is 9.06. The van der Waals surface area contributed by atoms with Gasteiger partial charge < -0.3 is 4.74 Å². The van der Waals surface area contributed by atoms with Gasteiger partial charge in [0.25, 0.3) is 0 Å². The first-order chi connectivity index (χ1) is 7.24. The predicted molar refractivity (Wildman–Crippen MR) is 56.8 cm³/mol. The smallest absolute Gasteiger partial charge is 0.193 e. The minimum Gasteiger partial charge on any atom is -0.373 e. The van der Waals surface area contributed by atoms with E-state index in [4.69, 9.17) is 4.74 Å². The molecule has 0 N–H and O–H groups in total. The molecular formula is C12H15NO2. The Morgan fingerprint density at radius 2 is 2.33 bits per heavy atom. The van der Waals surface area contributed by atoms with Crippen LogP contribution in [0.15, 0.2) is 18.5 Å². The maximum Gasteiger partial charge on any atom is 0.193 e. The molecule has 3 nitrogen and oxygen atoms in total. The molecule has 1 atom stereocenters. The molecule has 80 valence electrons. The molecule has 15 heavy (non-hydrogen) atoms. The summed E-state index contributed by atoms with van der Waals surface area (Å²) in [5, 5.41) is 0. The van der Waals surface area contributed by atoms with Gasteiger partial charge in [-0.3, -0.25) is 9.78 Å². The molecule has 0 amide bonds. The van der Waals surface area contributed by atoms with Gasteiger partial charge in [-0.05, 0) is 37.3 Å². The number of carbonyl (C=O) groups excluding carboxylic acids is 1. The maximum absolute atomic E-state index is 12.1. The highest BCUT2D eigenvalue weighted by atomic mass is 16.5. The quantitative estimate of drug-likeness (QED) is 0.706. The Labute approximate surface area is 89.5 Å². The van der Waals surface area contributed by atoms with Crippen LogP contribution in [0.2, 0.25) is 0 Å². The molecule has 0 aromatic carbocycles. The van der Waals surface area contributed by atoms with Crippen LogP contribution < -0.4 is 0 Å². The number of hydrogen-bond acceptors (Lipinski definition) is 3. The third-order valence-electron chi connectivity index (χ3n) is 2.87. The average molecular weight is 205 g/mol. The fraction of sp³-hybridized carbons (Fsp3) is 0.500. The van der Waals surface area contributed by atoms with Crippen LogP contribution in [0.1, 0.15) is 28.8 Å². The number of Topliss-reactive ketones (excluding diaryl/α,β-unsaturated/α-hetero) is 1. The molecule has 1 aromatic rings. The van der Waals surface area contributed by atoms with Crippen molar-refractivity contribution in [3.63, 3.8) is 0 Å². The van der Waals surface area contributed by atoms with Crippen molar-refractivity contribution in [3.8, 4) is 0 Å². The van der Waals surface area contributed by atoms with Gasteiger partial charge in [-0.25, -0.2) is 0 Å². The molecule has 0 saturated heterocycles. The van der Waals surface area contributed by atoms with Gasteiger partial charge in [0, 0.05) is 25.1 Å². The first-order valence-electron chi connectivity index (χ1n) is 5.21. The van der Waals surface area contributed by atoms with Gasteiger partial charge in [-0.15, -0.1) is 0 Å². The van der Waals surface area contributed by atoms with E-state index in [1.54, 1.807) is 19.5 Å². The van der Waals surface area contributed by atoms with Crippen molar-refractivity contribution in [1.29, 1.82) is 0 Å². The first-order valence-corrected chi connectivity index (χ1v) is 5.21. The Hall–Kier alpha value is -1.22. The highest BCUT2D eigenvalue weighted by molar-refractivity contribution is 6.00. The number of ketones is 1. The van der Waals surface area contributed by atoms with Crippen LogP contribution >= 0.6 is 0 Å². The standard InChI is InChI=1S/C12H15NO2/c1-8-5-6-13-7-10(8)11(14)12(15-2)9-3-4-9/h5-7,9,12H,3-4H2,1-2H3. The van der Waals surface area contributed by atoms with E-state index in [-0.39, 0.29) is 11.9 Å². The molecule has 0 radical (unpaired) electrons. The fourth-order valence-electron chi connectivity index (χ4n) is 1.79. The van der Waals surface area contributed by atoms with Crippen LogP contribution in [-0.2, 0) is 4.74 Å². The van der Waals surface area contributed by atoms with Crippen molar-refractivity contribution < 1.29 is 9.53 Å². The molecule has 1 fully saturated rings. The number of hydrogen-bond donors (Lipinski definition) is 0. The highest BCUT2D eigenvalue weighted by Gasteiger charge is 2.37. The summed E-state index contributed by atoms with van der Waals surface area (Å²) >= 11 is 0. The SMILES string of the molecule is COC(C(=O)c1cnccc1C)C1CC1. The molecule has 2 rings (SSSR count). The normalized spacial score (nSPS) is 17.5. The maximum atomic E-state index is 12.1. The minimum absolute atomic E-state index is 0.0746. The second-order valence-corrected chi connectivity index (χ2v) is 4.05. The second kappa shape index (κ2) is 4.11. The summed E-state index contributed by atoms with van der Waals surface area (Å²) in [6.45, 7) is 1.93. The lowest BCUT2D eigenvalue weighted by molar-refractivity contribution is 0.0539. The van der Waals surface area contributed by atoms with E-state index in [0.717, 1.165) is 18.4 Å². The Bertz CT molecular complexity index is 372. The second-order valence-electron chi connectivity index (χ2n) is 4.05. The molecule has 3 heteroatoms. The van der Waals surface area contributed by atoms with Gasteiger partial charge >= 0.3 is 0 Å². The zero-order chi connectivity index (χ0) is 10.8. The molecule has 1 aliphatic rings. The number of methoxy groups -OCH3 is 1. The van der Waals surface area contributed by atoms with E-state index in [9.17, 15) is 4.79 Å². The lowest BCUT2D eigenvalue weighted by atomic mass is 10.0. The van der Waals surface area contributed by atoms with Gasteiger partial charge in [0.2, 0.25) is 0 Å². The summed E-state index contributed by atoms with van der Waals surface area (Å²) < 4.78 is 5.27.